The fraction of sp³-hybridized carbons (Fsp3) is 0.500. The van der Waals surface area contributed by atoms with E-state index < -0.39 is 0 Å². The van der Waals surface area contributed by atoms with Crippen LogP contribution in [0.1, 0.15) is 24.0 Å². The van der Waals surface area contributed by atoms with E-state index in [1.807, 2.05) is 12.1 Å². The smallest absolute Gasteiger partial charge is 0.409 e. The molecule has 128 valence electrons. The zero-order chi connectivity index (χ0) is 16.9. The van der Waals surface area contributed by atoms with Crippen molar-refractivity contribution >= 4 is 6.09 Å². The molecule has 0 saturated heterocycles. The van der Waals surface area contributed by atoms with Crippen LogP contribution in [0.4, 0.5) is 4.79 Å². The zero-order valence-electron chi connectivity index (χ0n) is 13.9. The molecule has 0 aromatic heterocycles. The zero-order valence-corrected chi connectivity index (χ0v) is 13.9. The molecule has 2 heterocycles. The highest BCUT2D eigenvalue weighted by Gasteiger charge is 2.52. The molecule has 4 rings (SSSR count). The first kappa shape index (κ1) is 15.3. The highest BCUT2D eigenvalue weighted by atomic mass is 16.6. The van der Waals surface area contributed by atoms with Crippen LogP contribution in [0, 0.1) is 0 Å². The van der Waals surface area contributed by atoms with Crippen LogP contribution < -0.4 is 10.1 Å². The highest BCUT2D eigenvalue weighted by molar-refractivity contribution is 5.67. The maximum atomic E-state index is 11.8. The van der Waals surface area contributed by atoms with E-state index >= 15 is 0 Å². The number of amides is 1. The maximum absolute atomic E-state index is 11.8. The molecule has 3 atom stereocenters. The second-order valence-electron chi connectivity index (χ2n) is 6.93. The van der Waals surface area contributed by atoms with Gasteiger partial charge in [-0.15, -0.1) is 0 Å². The third-order valence-electron chi connectivity index (χ3n) is 5.23. The van der Waals surface area contributed by atoms with Gasteiger partial charge in [0.2, 0.25) is 0 Å². The Balaban J connectivity index is 1.71. The number of phenols is 1. The van der Waals surface area contributed by atoms with E-state index in [4.69, 9.17) is 9.47 Å². The summed E-state index contributed by atoms with van der Waals surface area (Å²) in [5.74, 6) is 0.769. The molecule has 0 saturated carbocycles. The van der Waals surface area contributed by atoms with Gasteiger partial charge in [-0.25, -0.2) is 4.79 Å². The molecule has 6 nitrogen and oxygen atoms in total. The van der Waals surface area contributed by atoms with Crippen molar-refractivity contribution in [3.8, 4) is 11.5 Å². The number of nitrogens with one attached hydrogen (secondary N) is 1. The number of aromatic hydroxyl groups is 1. The number of hydrogen-bond donors (Lipinski definition) is 2. The molecule has 3 aliphatic rings. The number of phenolic OH excluding ortho intramolecular Hbond substituents is 1. The lowest BCUT2D eigenvalue weighted by Crippen LogP contribution is -2.44. The molecular formula is C18H22N2O4. The van der Waals surface area contributed by atoms with E-state index in [-0.39, 0.29) is 29.5 Å². The Kier molecular flexibility index (Phi) is 3.46. The minimum absolute atomic E-state index is 0.135. The number of benzene rings is 1. The third kappa shape index (κ3) is 2.17. The summed E-state index contributed by atoms with van der Waals surface area (Å²) >= 11 is 0. The van der Waals surface area contributed by atoms with Crippen molar-refractivity contribution in [2.75, 3.05) is 20.6 Å². The summed E-state index contributed by atoms with van der Waals surface area (Å²) in [5.41, 5.74) is 2.00. The van der Waals surface area contributed by atoms with Crippen molar-refractivity contribution < 1.29 is 19.4 Å². The van der Waals surface area contributed by atoms with Gasteiger partial charge in [0.15, 0.2) is 11.5 Å². The number of nitrogens with zero attached hydrogens (tertiary/aromatic N) is 1. The lowest BCUT2D eigenvalue weighted by Gasteiger charge is -2.36. The fourth-order valence-corrected chi connectivity index (χ4v) is 4.03. The van der Waals surface area contributed by atoms with Crippen molar-refractivity contribution in [3.63, 3.8) is 0 Å². The summed E-state index contributed by atoms with van der Waals surface area (Å²) < 4.78 is 11.7. The number of hydrogen-bond acceptors (Lipinski definition) is 5. The predicted molar refractivity (Wildman–Crippen MR) is 88.2 cm³/mol. The second-order valence-corrected chi connectivity index (χ2v) is 6.93. The number of carbonyl (C=O) groups excluding carboxylic acids is 1. The first-order valence-electron chi connectivity index (χ1n) is 8.31. The lowest BCUT2D eigenvalue weighted by molar-refractivity contribution is 0.0496. The van der Waals surface area contributed by atoms with Crippen LogP contribution in [-0.2, 0) is 16.7 Å². The van der Waals surface area contributed by atoms with Crippen molar-refractivity contribution in [2.45, 2.75) is 37.0 Å². The van der Waals surface area contributed by atoms with Crippen LogP contribution in [0.5, 0.6) is 11.5 Å². The van der Waals surface area contributed by atoms with Crippen LogP contribution in [0.3, 0.4) is 0 Å². The van der Waals surface area contributed by atoms with Gasteiger partial charge < -0.3 is 24.8 Å². The van der Waals surface area contributed by atoms with E-state index in [1.54, 1.807) is 20.2 Å². The van der Waals surface area contributed by atoms with E-state index in [1.165, 1.54) is 4.90 Å². The molecule has 1 aromatic rings. The summed E-state index contributed by atoms with van der Waals surface area (Å²) in [4.78, 5) is 13.2. The Hall–Kier alpha value is -2.21. The number of rotatable bonds is 1. The molecule has 6 heteroatoms. The second kappa shape index (κ2) is 5.41. The summed E-state index contributed by atoms with van der Waals surface area (Å²) in [5, 5.41) is 13.7. The summed E-state index contributed by atoms with van der Waals surface area (Å²) in [6.07, 6.45) is 4.76. The standard InChI is InChI=1S/C18H22N2O4/c1-20(2)17(22)23-12-5-6-18-7-8-19-10-11-3-4-13(21)16(15(11)18)24-14(18)9-12/h3-6,12,14,19,21H,7-10H2,1-2H3/t12-,14-,18-/m0/s1. The van der Waals surface area contributed by atoms with E-state index in [2.05, 4.69) is 11.4 Å². The highest BCUT2D eigenvalue weighted by Crippen LogP contribution is 2.55. The average molecular weight is 330 g/mol. The minimum Gasteiger partial charge on any atom is -0.504 e. The molecule has 0 bridgehead atoms. The van der Waals surface area contributed by atoms with Gasteiger partial charge >= 0.3 is 6.09 Å². The molecule has 2 N–H and O–H groups in total. The first-order valence-corrected chi connectivity index (χ1v) is 8.31. The van der Waals surface area contributed by atoms with Gasteiger partial charge in [0, 0.05) is 32.6 Å². The molecule has 1 spiro atoms. The van der Waals surface area contributed by atoms with Crippen molar-refractivity contribution in [1.29, 1.82) is 0 Å². The van der Waals surface area contributed by atoms with Crippen LogP contribution in [-0.4, -0.2) is 48.9 Å². The van der Waals surface area contributed by atoms with Crippen LogP contribution in [0.25, 0.3) is 0 Å². The Morgan fingerprint density at radius 3 is 3.08 bits per heavy atom. The molecule has 2 aliphatic heterocycles. The van der Waals surface area contributed by atoms with Crippen molar-refractivity contribution in [1.82, 2.24) is 10.2 Å². The maximum Gasteiger partial charge on any atom is 0.409 e. The Labute approximate surface area is 141 Å². The van der Waals surface area contributed by atoms with Gasteiger partial charge in [-0.05, 0) is 30.7 Å². The van der Waals surface area contributed by atoms with Gasteiger partial charge in [-0.2, -0.15) is 0 Å². The topological polar surface area (TPSA) is 71.0 Å². The average Bonchev–Trinajstić information content (AvgIpc) is 2.78. The molecular weight excluding hydrogens is 308 g/mol. The number of carbonyl (C=O) groups is 1. The van der Waals surface area contributed by atoms with Gasteiger partial charge in [0.05, 0.1) is 5.41 Å². The van der Waals surface area contributed by atoms with Crippen LogP contribution >= 0.6 is 0 Å². The predicted octanol–water partition coefficient (Wildman–Crippen LogP) is 1.91. The Morgan fingerprint density at radius 2 is 2.29 bits per heavy atom. The molecule has 1 aromatic carbocycles. The lowest BCUT2D eigenvalue weighted by atomic mass is 9.69. The first-order chi connectivity index (χ1) is 11.5. The summed E-state index contributed by atoms with van der Waals surface area (Å²) in [6, 6.07) is 3.66. The molecule has 24 heavy (non-hydrogen) atoms. The third-order valence-corrected chi connectivity index (χ3v) is 5.23. The van der Waals surface area contributed by atoms with E-state index in [9.17, 15) is 9.90 Å². The summed E-state index contributed by atoms with van der Waals surface area (Å²) in [6.45, 7) is 1.65. The van der Waals surface area contributed by atoms with Crippen molar-refractivity contribution in [3.05, 3.63) is 35.4 Å². The van der Waals surface area contributed by atoms with Gasteiger partial charge in [0.1, 0.15) is 12.2 Å². The molecule has 0 radical (unpaired) electrons. The van der Waals surface area contributed by atoms with E-state index in [0.29, 0.717) is 12.2 Å². The molecule has 1 aliphatic carbocycles. The minimum atomic E-state index is -0.359. The fourth-order valence-electron chi connectivity index (χ4n) is 4.03. The van der Waals surface area contributed by atoms with Crippen LogP contribution in [0.2, 0.25) is 0 Å². The van der Waals surface area contributed by atoms with Gasteiger partial charge in [-0.3, -0.25) is 0 Å². The normalized spacial score (nSPS) is 29.9. The monoisotopic (exact) mass is 330 g/mol. The number of ether oxygens (including phenoxy) is 2. The van der Waals surface area contributed by atoms with Gasteiger partial charge in [-0.1, -0.05) is 12.1 Å². The molecule has 0 fully saturated rings. The quantitative estimate of drug-likeness (QED) is 0.770. The summed E-state index contributed by atoms with van der Waals surface area (Å²) in [7, 11) is 3.33. The Bertz CT molecular complexity index is 715. The largest absolute Gasteiger partial charge is 0.504 e. The SMILES string of the molecule is CN(C)C(=O)O[C@H]1C=C[C@@]23CCNCc4ccc(O)c(c42)O[C@H]3C1. The van der Waals surface area contributed by atoms with E-state index in [0.717, 1.165) is 30.6 Å². The Morgan fingerprint density at radius 1 is 1.46 bits per heavy atom. The molecule has 1 amide bonds. The molecule has 0 unspecified atom stereocenters. The van der Waals surface area contributed by atoms with Crippen LogP contribution in [0.15, 0.2) is 24.3 Å². The van der Waals surface area contributed by atoms with Crippen molar-refractivity contribution in [2.24, 2.45) is 0 Å². The van der Waals surface area contributed by atoms with Gasteiger partial charge in [0.25, 0.3) is 0 Å².